The molecule has 0 bridgehead atoms. The van der Waals surface area contributed by atoms with Crippen LogP contribution in [0.5, 0.6) is 11.5 Å². The van der Waals surface area contributed by atoms with E-state index in [9.17, 15) is 0 Å². The third kappa shape index (κ3) is 2.08. The minimum atomic E-state index is 0.647. The summed E-state index contributed by atoms with van der Waals surface area (Å²) in [6, 6.07) is 6.10. The van der Waals surface area contributed by atoms with Crippen molar-refractivity contribution in [2.75, 3.05) is 31.2 Å². The topological polar surface area (TPSA) is 21.7 Å². The zero-order valence-electron chi connectivity index (χ0n) is 10.0. The molecule has 0 atom stereocenters. The van der Waals surface area contributed by atoms with E-state index in [1.54, 1.807) is 0 Å². The molecule has 1 aliphatic rings. The number of nitrogens with zero attached hydrogens (tertiary/aromatic N) is 1. The summed E-state index contributed by atoms with van der Waals surface area (Å²) in [4.78, 5) is 2.33. The van der Waals surface area contributed by atoms with Gasteiger partial charge in [0.05, 0.1) is 5.69 Å². The summed E-state index contributed by atoms with van der Waals surface area (Å²) in [7, 11) is 0. The summed E-state index contributed by atoms with van der Waals surface area (Å²) in [5.74, 6) is 1.78. The quantitative estimate of drug-likeness (QED) is 0.780. The van der Waals surface area contributed by atoms with Gasteiger partial charge in [-0.15, -0.1) is 0 Å². The van der Waals surface area contributed by atoms with E-state index in [2.05, 4.69) is 24.8 Å². The largest absolute Gasteiger partial charge is 0.486 e. The van der Waals surface area contributed by atoms with Crippen LogP contribution in [0.25, 0.3) is 0 Å². The molecule has 2 rings (SSSR count). The molecule has 0 amide bonds. The molecule has 1 aromatic carbocycles. The molecule has 0 saturated carbocycles. The van der Waals surface area contributed by atoms with Gasteiger partial charge in [-0.3, -0.25) is 0 Å². The van der Waals surface area contributed by atoms with Crippen LogP contribution in [0.15, 0.2) is 18.2 Å². The third-order valence-electron chi connectivity index (χ3n) is 2.76. The van der Waals surface area contributed by atoms with Crippen molar-refractivity contribution >= 4 is 5.69 Å². The van der Waals surface area contributed by atoms with Crippen molar-refractivity contribution in [3.8, 4) is 11.5 Å². The predicted octanol–water partition coefficient (Wildman–Crippen LogP) is 2.69. The van der Waals surface area contributed by atoms with Crippen LogP contribution in [0.3, 0.4) is 0 Å². The highest BCUT2D eigenvalue weighted by Gasteiger charge is 2.18. The van der Waals surface area contributed by atoms with Crippen molar-refractivity contribution < 1.29 is 9.47 Å². The Balaban J connectivity index is 2.31. The summed E-state index contributed by atoms with van der Waals surface area (Å²) < 4.78 is 11.3. The fraction of sp³-hybridized carbons (Fsp3) is 0.538. The number of fused-ring (bicyclic) bond motifs is 1. The third-order valence-corrected chi connectivity index (χ3v) is 2.76. The summed E-state index contributed by atoms with van der Waals surface area (Å²) in [5.41, 5.74) is 1.15. The van der Waals surface area contributed by atoms with Crippen LogP contribution in [0, 0.1) is 0 Å². The van der Waals surface area contributed by atoms with Crippen LogP contribution in [0.2, 0.25) is 0 Å². The van der Waals surface area contributed by atoms with Crippen LogP contribution in [0.4, 0.5) is 5.69 Å². The van der Waals surface area contributed by atoms with E-state index in [1.165, 1.54) is 0 Å². The second-order valence-electron chi connectivity index (χ2n) is 3.88. The lowest BCUT2D eigenvalue weighted by molar-refractivity contribution is 0.172. The molecule has 1 aliphatic heterocycles. The second-order valence-corrected chi connectivity index (χ2v) is 3.88. The van der Waals surface area contributed by atoms with Crippen molar-refractivity contribution in [2.45, 2.75) is 20.3 Å². The summed E-state index contributed by atoms with van der Waals surface area (Å²) in [5, 5.41) is 0. The zero-order valence-corrected chi connectivity index (χ0v) is 10.0. The standard InChI is InChI=1S/C13H19NO2/c1-3-8-14(4-2)11-6-5-7-12-13(11)16-10-9-15-12/h5-7H,3-4,8-10H2,1-2H3. The Morgan fingerprint density at radius 3 is 2.75 bits per heavy atom. The number of ether oxygens (including phenoxy) is 2. The smallest absolute Gasteiger partial charge is 0.184 e. The average Bonchev–Trinajstić information content (AvgIpc) is 2.35. The molecule has 0 spiro atoms. The molecule has 0 aromatic heterocycles. The lowest BCUT2D eigenvalue weighted by atomic mass is 10.2. The first kappa shape index (κ1) is 11.1. The van der Waals surface area contributed by atoms with Gasteiger partial charge in [0.2, 0.25) is 0 Å². The number of hydrogen-bond acceptors (Lipinski definition) is 3. The highest BCUT2D eigenvalue weighted by molar-refractivity contribution is 5.65. The molecule has 16 heavy (non-hydrogen) atoms. The van der Waals surface area contributed by atoms with E-state index in [4.69, 9.17) is 9.47 Å². The molecule has 0 radical (unpaired) electrons. The average molecular weight is 221 g/mol. The van der Waals surface area contributed by atoms with E-state index in [0.29, 0.717) is 13.2 Å². The Morgan fingerprint density at radius 1 is 1.19 bits per heavy atom. The first-order valence-corrected chi connectivity index (χ1v) is 6.00. The SMILES string of the molecule is CCCN(CC)c1cccc2c1OCCO2. The molecular weight excluding hydrogens is 202 g/mol. The summed E-state index contributed by atoms with van der Waals surface area (Å²) in [6.07, 6.45) is 1.14. The van der Waals surface area contributed by atoms with Gasteiger partial charge in [0, 0.05) is 13.1 Å². The van der Waals surface area contributed by atoms with Crippen LogP contribution in [-0.4, -0.2) is 26.3 Å². The summed E-state index contributed by atoms with van der Waals surface area (Å²) >= 11 is 0. The Bertz CT molecular complexity index is 352. The van der Waals surface area contributed by atoms with Gasteiger partial charge in [-0.1, -0.05) is 13.0 Å². The minimum Gasteiger partial charge on any atom is -0.486 e. The number of hydrogen-bond donors (Lipinski definition) is 0. The Morgan fingerprint density at radius 2 is 2.00 bits per heavy atom. The van der Waals surface area contributed by atoms with E-state index in [-0.39, 0.29) is 0 Å². The maximum absolute atomic E-state index is 5.72. The van der Waals surface area contributed by atoms with Gasteiger partial charge in [-0.2, -0.15) is 0 Å². The molecule has 1 aromatic rings. The van der Waals surface area contributed by atoms with Crippen molar-refractivity contribution in [2.24, 2.45) is 0 Å². The number of rotatable bonds is 4. The molecule has 1 heterocycles. The minimum absolute atomic E-state index is 0.647. The van der Waals surface area contributed by atoms with Crippen molar-refractivity contribution in [1.29, 1.82) is 0 Å². The monoisotopic (exact) mass is 221 g/mol. The predicted molar refractivity (Wildman–Crippen MR) is 65.6 cm³/mol. The lowest BCUT2D eigenvalue weighted by Gasteiger charge is -2.28. The lowest BCUT2D eigenvalue weighted by Crippen LogP contribution is -2.25. The fourth-order valence-electron chi connectivity index (χ4n) is 2.03. The van der Waals surface area contributed by atoms with Gasteiger partial charge in [-0.25, -0.2) is 0 Å². The fourth-order valence-corrected chi connectivity index (χ4v) is 2.03. The number of para-hydroxylation sites is 1. The molecule has 0 N–H and O–H groups in total. The van der Waals surface area contributed by atoms with Gasteiger partial charge in [-0.05, 0) is 25.5 Å². The van der Waals surface area contributed by atoms with Crippen LogP contribution < -0.4 is 14.4 Å². The molecule has 0 saturated heterocycles. The van der Waals surface area contributed by atoms with E-state index in [1.807, 2.05) is 12.1 Å². The van der Waals surface area contributed by atoms with Crippen molar-refractivity contribution in [3.05, 3.63) is 18.2 Å². The normalized spacial score (nSPS) is 13.6. The zero-order chi connectivity index (χ0) is 11.4. The highest BCUT2D eigenvalue weighted by Crippen LogP contribution is 2.39. The van der Waals surface area contributed by atoms with Crippen LogP contribution >= 0.6 is 0 Å². The summed E-state index contributed by atoms with van der Waals surface area (Å²) in [6.45, 7) is 7.70. The highest BCUT2D eigenvalue weighted by atomic mass is 16.6. The Labute approximate surface area is 97.0 Å². The van der Waals surface area contributed by atoms with Crippen molar-refractivity contribution in [1.82, 2.24) is 0 Å². The van der Waals surface area contributed by atoms with Gasteiger partial charge in [0.1, 0.15) is 13.2 Å². The van der Waals surface area contributed by atoms with Gasteiger partial charge in [0.15, 0.2) is 11.5 Å². The van der Waals surface area contributed by atoms with Crippen LogP contribution in [0.1, 0.15) is 20.3 Å². The first-order valence-electron chi connectivity index (χ1n) is 6.00. The van der Waals surface area contributed by atoms with E-state index < -0.39 is 0 Å². The van der Waals surface area contributed by atoms with Gasteiger partial charge in [0.25, 0.3) is 0 Å². The maximum Gasteiger partial charge on any atom is 0.184 e. The number of anilines is 1. The number of benzene rings is 1. The van der Waals surface area contributed by atoms with Gasteiger partial charge < -0.3 is 14.4 Å². The van der Waals surface area contributed by atoms with Crippen molar-refractivity contribution in [3.63, 3.8) is 0 Å². The molecule has 3 nitrogen and oxygen atoms in total. The van der Waals surface area contributed by atoms with Crippen LogP contribution in [-0.2, 0) is 0 Å². The van der Waals surface area contributed by atoms with E-state index in [0.717, 1.165) is 36.7 Å². The molecule has 3 heteroatoms. The Kier molecular flexibility index (Phi) is 3.54. The molecule has 0 unspecified atom stereocenters. The molecular formula is C13H19NO2. The molecule has 0 fully saturated rings. The maximum atomic E-state index is 5.72. The van der Waals surface area contributed by atoms with Gasteiger partial charge >= 0.3 is 0 Å². The Hall–Kier alpha value is -1.38. The second kappa shape index (κ2) is 5.10. The first-order chi connectivity index (χ1) is 7.86. The molecule has 0 aliphatic carbocycles. The molecule has 88 valence electrons. The van der Waals surface area contributed by atoms with E-state index >= 15 is 0 Å².